The first-order valence-corrected chi connectivity index (χ1v) is 7.04. The average Bonchev–Trinajstić information content (AvgIpc) is 3.11. The Kier molecular flexibility index (Phi) is 3.81. The van der Waals surface area contributed by atoms with Crippen molar-refractivity contribution in [2.24, 2.45) is 10.8 Å². The second-order valence-electron chi connectivity index (χ2n) is 6.97. The number of carbonyl (C=O) groups is 2. The molecule has 0 radical (unpaired) electrons. The second kappa shape index (κ2) is 5.12. The lowest BCUT2D eigenvalue weighted by Crippen LogP contribution is -2.30. The highest BCUT2D eigenvalue weighted by Gasteiger charge is 2.55. The van der Waals surface area contributed by atoms with E-state index in [0.29, 0.717) is 19.3 Å². The molecule has 108 valence electrons. The fraction of sp³-hybridized carbons (Fsp3) is 0.529. The van der Waals surface area contributed by atoms with Crippen LogP contribution in [0.1, 0.15) is 45.6 Å². The highest BCUT2D eigenvalue weighted by Crippen LogP contribution is 2.50. The molecule has 2 nitrogen and oxygen atoms in total. The first-order chi connectivity index (χ1) is 9.23. The lowest BCUT2D eigenvalue weighted by atomic mass is 9.81. The molecule has 1 aliphatic rings. The lowest BCUT2D eigenvalue weighted by molar-refractivity contribution is -0.135. The number of halogens is 1. The van der Waals surface area contributed by atoms with Gasteiger partial charge < -0.3 is 0 Å². The Labute approximate surface area is 119 Å². The zero-order chi connectivity index (χ0) is 15.0. The SMILES string of the molecule is CC(C)(C)CC(=O)C1(C(=O)Cc2ccc(F)cc2)CC1. The summed E-state index contributed by atoms with van der Waals surface area (Å²) in [6, 6.07) is 5.91. The van der Waals surface area contributed by atoms with Gasteiger partial charge >= 0.3 is 0 Å². The zero-order valence-electron chi connectivity index (χ0n) is 12.3. The van der Waals surface area contributed by atoms with Crippen molar-refractivity contribution in [2.75, 3.05) is 0 Å². The maximum atomic E-state index is 12.8. The van der Waals surface area contributed by atoms with Crippen molar-refractivity contribution in [3.8, 4) is 0 Å². The predicted octanol–water partition coefficient (Wildman–Crippen LogP) is 3.72. The fourth-order valence-electron chi connectivity index (χ4n) is 2.45. The first kappa shape index (κ1) is 14.9. The molecule has 0 N–H and O–H groups in total. The van der Waals surface area contributed by atoms with E-state index in [0.717, 1.165) is 5.56 Å². The van der Waals surface area contributed by atoms with Crippen LogP contribution in [0, 0.1) is 16.6 Å². The number of ketones is 2. The normalized spacial score (nSPS) is 16.8. The van der Waals surface area contributed by atoms with Gasteiger partial charge in [0.15, 0.2) is 5.78 Å². The Morgan fingerprint density at radius 2 is 1.65 bits per heavy atom. The monoisotopic (exact) mass is 276 g/mol. The Balaban J connectivity index is 2.05. The molecule has 1 fully saturated rings. The third kappa shape index (κ3) is 3.33. The summed E-state index contributed by atoms with van der Waals surface area (Å²) in [7, 11) is 0. The number of Topliss-reactive ketones (excluding diaryl/α,β-unsaturated/α-hetero) is 2. The van der Waals surface area contributed by atoms with Crippen LogP contribution in [-0.4, -0.2) is 11.6 Å². The van der Waals surface area contributed by atoms with Gasteiger partial charge in [-0.2, -0.15) is 0 Å². The number of rotatable bonds is 5. The van der Waals surface area contributed by atoms with Crippen molar-refractivity contribution in [3.05, 3.63) is 35.6 Å². The molecule has 2 rings (SSSR count). The van der Waals surface area contributed by atoms with E-state index in [1.807, 2.05) is 20.8 Å². The van der Waals surface area contributed by atoms with Crippen LogP contribution >= 0.6 is 0 Å². The van der Waals surface area contributed by atoms with E-state index in [1.54, 1.807) is 12.1 Å². The smallest absolute Gasteiger partial charge is 0.150 e. The Morgan fingerprint density at radius 3 is 2.10 bits per heavy atom. The van der Waals surface area contributed by atoms with E-state index in [-0.39, 0.29) is 29.2 Å². The van der Waals surface area contributed by atoms with E-state index in [2.05, 4.69) is 0 Å². The number of hydrogen-bond donors (Lipinski definition) is 0. The van der Waals surface area contributed by atoms with Crippen LogP contribution in [0.2, 0.25) is 0 Å². The number of carbonyl (C=O) groups excluding carboxylic acids is 2. The summed E-state index contributed by atoms with van der Waals surface area (Å²) in [5, 5.41) is 0. The van der Waals surface area contributed by atoms with Gasteiger partial charge in [0.25, 0.3) is 0 Å². The summed E-state index contributed by atoms with van der Waals surface area (Å²) >= 11 is 0. The average molecular weight is 276 g/mol. The standard InChI is InChI=1S/C17H21FO2/c1-16(2,3)11-15(20)17(8-9-17)14(19)10-12-4-6-13(18)7-5-12/h4-7H,8-11H2,1-3H3. The molecule has 1 aromatic carbocycles. The Bertz CT molecular complexity index is 519. The van der Waals surface area contributed by atoms with E-state index < -0.39 is 5.41 Å². The minimum atomic E-state index is -0.748. The van der Waals surface area contributed by atoms with Gasteiger partial charge in [0.1, 0.15) is 11.6 Å². The summed E-state index contributed by atoms with van der Waals surface area (Å²) in [5.41, 5.74) is -0.0731. The van der Waals surface area contributed by atoms with Gasteiger partial charge in [0, 0.05) is 12.8 Å². The van der Waals surface area contributed by atoms with Crippen LogP contribution in [-0.2, 0) is 16.0 Å². The van der Waals surface area contributed by atoms with Crippen molar-refractivity contribution in [2.45, 2.75) is 46.5 Å². The Morgan fingerprint density at radius 1 is 1.10 bits per heavy atom. The molecular formula is C17H21FO2. The van der Waals surface area contributed by atoms with E-state index in [1.165, 1.54) is 12.1 Å². The van der Waals surface area contributed by atoms with Gasteiger partial charge in [-0.25, -0.2) is 4.39 Å². The molecule has 0 aromatic heterocycles. The molecule has 0 unspecified atom stereocenters. The van der Waals surface area contributed by atoms with Crippen LogP contribution in [0.15, 0.2) is 24.3 Å². The molecule has 0 spiro atoms. The molecule has 0 aliphatic heterocycles. The predicted molar refractivity (Wildman–Crippen MR) is 75.9 cm³/mol. The van der Waals surface area contributed by atoms with Crippen LogP contribution in [0.5, 0.6) is 0 Å². The van der Waals surface area contributed by atoms with Crippen LogP contribution in [0.4, 0.5) is 4.39 Å². The van der Waals surface area contributed by atoms with Gasteiger partial charge in [-0.15, -0.1) is 0 Å². The largest absolute Gasteiger partial charge is 0.299 e. The molecule has 1 saturated carbocycles. The van der Waals surface area contributed by atoms with E-state index in [9.17, 15) is 14.0 Å². The third-order valence-corrected chi connectivity index (χ3v) is 3.79. The summed E-state index contributed by atoms with van der Waals surface area (Å²) in [6.07, 6.45) is 1.99. The van der Waals surface area contributed by atoms with Crippen molar-refractivity contribution in [1.82, 2.24) is 0 Å². The molecule has 1 aliphatic carbocycles. The number of benzene rings is 1. The van der Waals surface area contributed by atoms with Crippen molar-refractivity contribution in [3.63, 3.8) is 0 Å². The Hall–Kier alpha value is -1.51. The molecule has 0 saturated heterocycles. The summed E-state index contributed by atoms with van der Waals surface area (Å²) in [4.78, 5) is 24.7. The highest BCUT2D eigenvalue weighted by atomic mass is 19.1. The van der Waals surface area contributed by atoms with Crippen molar-refractivity contribution < 1.29 is 14.0 Å². The minimum absolute atomic E-state index is 0.0154. The molecule has 0 heterocycles. The molecular weight excluding hydrogens is 255 g/mol. The van der Waals surface area contributed by atoms with Gasteiger partial charge in [0.05, 0.1) is 5.41 Å². The van der Waals surface area contributed by atoms with Gasteiger partial charge in [-0.1, -0.05) is 32.9 Å². The summed E-state index contributed by atoms with van der Waals surface area (Å²) in [5.74, 6) is -0.262. The topological polar surface area (TPSA) is 34.1 Å². The van der Waals surface area contributed by atoms with E-state index in [4.69, 9.17) is 0 Å². The summed E-state index contributed by atoms with van der Waals surface area (Å²) in [6.45, 7) is 6.02. The molecule has 20 heavy (non-hydrogen) atoms. The van der Waals surface area contributed by atoms with Crippen LogP contribution in [0.3, 0.4) is 0 Å². The fourth-order valence-corrected chi connectivity index (χ4v) is 2.45. The lowest BCUT2D eigenvalue weighted by Gasteiger charge is -2.21. The van der Waals surface area contributed by atoms with Crippen LogP contribution in [0.25, 0.3) is 0 Å². The van der Waals surface area contributed by atoms with Gasteiger partial charge in [-0.05, 0) is 36.0 Å². The molecule has 0 atom stereocenters. The quantitative estimate of drug-likeness (QED) is 0.768. The van der Waals surface area contributed by atoms with Crippen molar-refractivity contribution >= 4 is 11.6 Å². The molecule has 3 heteroatoms. The maximum Gasteiger partial charge on any atom is 0.150 e. The second-order valence-corrected chi connectivity index (χ2v) is 6.97. The highest BCUT2D eigenvalue weighted by molar-refractivity contribution is 6.10. The van der Waals surface area contributed by atoms with Crippen LogP contribution < -0.4 is 0 Å². The minimum Gasteiger partial charge on any atom is -0.299 e. The molecule has 0 amide bonds. The third-order valence-electron chi connectivity index (χ3n) is 3.79. The van der Waals surface area contributed by atoms with E-state index >= 15 is 0 Å². The van der Waals surface area contributed by atoms with Gasteiger partial charge in [0.2, 0.25) is 0 Å². The number of hydrogen-bond acceptors (Lipinski definition) is 2. The first-order valence-electron chi connectivity index (χ1n) is 7.04. The summed E-state index contributed by atoms with van der Waals surface area (Å²) < 4.78 is 12.8. The van der Waals surface area contributed by atoms with Crippen molar-refractivity contribution in [1.29, 1.82) is 0 Å². The molecule has 0 bridgehead atoms. The maximum absolute atomic E-state index is 12.8. The zero-order valence-corrected chi connectivity index (χ0v) is 12.3. The molecule has 1 aromatic rings. The van der Waals surface area contributed by atoms with Gasteiger partial charge in [-0.3, -0.25) is 9.59 Å².